The highest BCUT2D eigenvalue weighted by Crippen LogP contribution is 2.18. The molecule has 3 rings (SSSR count). The van der Waals surface area contributed by atoms with Crippen molar-refractivity contribution in [1.82, 2.24) is 4.98 Å². The van der Waals surface area contributed by atoms with Crippen LogP contribution in [0.5, 0.6) is 0 Å². The van der Waals surface area contributed by atoms with E-state index in [1.54, 1.807) is 36.5 Å². The van der Waals surface area contributed by atoms with Crippen LogP contribution >= 0.6 is 0 Å². The molecule has 0 unspecified atom stereocenters. The molecule has 0 saturated heterocycles. The Balaban J connectivity index is 1.66. The van der Waals surface area contributed by atoms with Crippen LogP contribution in [0.25, 0.3) is 0 Å². The van der Waals surface area contributed by atoms with Gasteiger partial charge in [0, 0.05) is 16.8 Å². The number of nitrogens with zero attached hydrogens (tertiary/aromatic N) is 1. The molecule has 3 aromatic rings. The van der Waals surface area contributed by atoms with Crippen molar-refractivity contribution < 1.29 is 9.59 Å². The molecular formula is C21H19N3O2. The van der Waals surface area contributed by atoms with Gasteiger partial charge in [-0.1, -0.05) is 18.2 Å². The zero-order valence-corrected chi connectivity index (χ0v) is 14.6. The predicted octanol–water partition coefficient (Wildman–Crippen LogP) is 4.59. The summed E-state index contributed by atoms with van der Waals surface area (Å²) in [5.41, 5.74) is 3.68. The Morgan fingerprint density at radius 2 is 1.58 bits per heavy atom. The van der Waals surface area contributed by atoms with Crippen molar-refractivity contribution in [3.05, 3.63) is 83.6 Å². The van der Waals surface area contributed by atoms with Crippen LogP contribution in [0.3, 0.4) is 0 Å². The molecule has 0 bridgehead atoms. The van der Waals surface area contributed by atoms with Gasteiger partial charge in [0.15, 0.2) is 5.78 Å². The molecule has 1 aromatic heterocycles. The van der Waals surface area contributed by atoms with Crippen LogP contribution in [0, 0.1) is 6.92 Å². The number of hydrogen-bond acceptors (Lipinski definition) is 4. The van der Waals surface area contributed by atoms with Crippen molar-refractivity contribution in [3.63, 3.8) is 0 Å². The van der Waals surface area contributed by atoms with Gasteiger partial charge in [-0.3, -0.25) is 9.59 Å². The third-order valence-electron chi connectivity index (χ3n) is 3.97. The van der Waals surface area contributed by atoms with Crippen LogP contribution in [0.2, 0.25) is 0 Å². The molecule has 26 heavy (non-hydrogen) atoms. The zero-order chi connectivity index (χ0) is 18.5. The van der Waals surface area contributed by atoms with E-state index in [1.807, 2.05) is 37.3 Å². The van der Waals surface area contributed by atoms with Gasteiger partial charge >= 0.3 is 0 Å². The summed E-state index contributed by atoms with van der Waals surface area (Å²) in [4.78, 5) is 27.9. The Kier molecular flexibility index (Phi) is 5.08. The molecule has 5 heteroatoms. The van der Waals surface area contributed by atoms with Gasteiger partial charge in [0.25, 0.3) is 5.91 Å². The highest BCUT2D eigenvalue weighted by molar-refractivity contribution is 6.05. The highest BCUT2D eigenvalue weighted by atomic mass is 16.1. The lowest BCUT2D eigenvalue weighted by molar-refractivity contribution is 0.101. The standard InChI is InChI=1S/C21H19N3O2/c1-14-5-3-4-6-19(14)21(26)24-18-11-12-20(22-13-18)23-17-9-7-16(8-10-17)15(2)25/h3-13H,1-2H3,(H,22,23)(H,24,26). The Hall–Kier alpha value is -3.47. The second-order valence-corrected chi connectivity index (χ2v) is 5.96. The van der Waals surface area contributed by atoms with Gasteiger partial charge in [-0.05, 0) is 61.9 Å². The minimum atomic E-state index is -0.162. The summed E-state index contributed by atoms with van der Waals surface area (Å²) >= 11 is 0. The van der Waals surface area contributed by atoms with E-state index in [9.17, 15) is 9.59 Å². The zero-order valence-electron chi connectivity index (χ0n) is 14.6. The molecule has 0 aliphatic rings. The number of hydrogen-bond donors (Lipinski definition) is 2. The fourth-order valence-electron chi connectivity index (χ4n) is 2.50. The summed E-state index contributed by atoms with van der Waals surface area (Å²) < 4.78 is 0. The first-order chi connectivity index (χ1) is 12.5. The number of aromatic nitrogens is 1. The first-order valence-corrected chi connectivity index (χ1v) is 8.24. The van der Waals surface area contributed by atoms with E-state index < -0.39 is 0 Å². The molecule has 5 nitrogen and oxygen atoms in total. The van der Waals surface area contributed by atoms with Crippen LogP contribution in [-0.2, 0) is 0 Å². The first kappa shape index (κ1) is 17.4. The molecule has 0 radical (unpaired) electrons. The first-order valence-electron chi connectivity index (χ1n) is 8.24. The molecule has 0 fully saturated rings. The van der Waals surface area contributed by atoms with Crippen LogP contribution in [0.15, 0.2) is 66.9 Å². The van der Waals surface area contributed by atoms with Crippen molar-refractivity contribution in [1.29, 1.82) is 0 Å². The van der Waals surface area contributed by atoms with Gasteiger partial charge in [-0.2, -0.15) is 0 Å². The molecule has 1 heterocycles. The average Bonchev–Trinajstić information content (AvgIpc) is 2.64. The van der Waals surface area contributed by atoms with E-state index in [0.29, 0.717) is 22.6 Å². The molecule has 130 valence electrons. The second-order valence-electron chi connectivity index (χ2n) is 5.96. The molecule has 0 spiro atoms. The largest absolute Gasteiger partial charge is 0.340 e. The third-order valence-corrected chi connectivity index (χ3v) is 3.97. The van der Waals surface area contributed by atoms with Crippen LogP contribution < -0.4 is 10.6 Å². The van der Waals surface area contributed by atoms with Crippen LogP contribution in [0.1, 0.15) is 33.2 Å². The monoisotopic (exact) mass is 345 g/mol. The van der Waals surface area contributed by atoms with E-state index in [1.165, 1.54) is 6.92 Å². The van der Waals surface area contributed by atoms with Crippen LogP contribution in [0.4, 0.5) is 17.2 Å². The summed E-state index contributed by atoms with van der Waals surface area (Å²) in [7, 11) is 0. The summed E-state index contributed by atoms with van der Waals surface area (Å²) in [6.07, 6.45) is 1.60. The number of rotatable bonds is 5. The average molecular weight is 345 g/mol. The maximum absolute atomic E-state index is 12.3. The Morgan fingerprint density at radius 3 is 2.19 bits per heavy atom. The number of carbonyl (C=O) groups is 2. The van der Waals surface area contributed by atoms with Crippen molar-refractivity contribution in [3.8, 4) is 0 Å². The smallest absolute Gasteiger partial charge is 0.255 e. The SMILES string of the molecule is CC(=O)c1ccc(Nc2ccc(NC(=O)c3ccccc3C)cn2)cc1. The number of ketones is 1. The fraction of sp³-hybridized carbons (Fsp3) is 0.0952. The molecule has 2 N–H and O–H groups in total. The van der Waals surface area contributed by atoms with E-state index in [0.717, 1.165) is 11.3 Å². The number of Topliss-reactive ketones (excluding diaryl/α,β-unsaturated/α-hetero) is 1. The number of carbonyl (C=O) groups excluding carboxylic acids is 2. The predicted molar refractivity (Wildman–Crippen MR) is 103 cm³/mol. The van der Waals surface area contributed by atoms with Gasteiger partial charge in [-0.25, -0.2) is 4.98 Å². The van der Waals surface area contributed by atoms with Gasteiger partial charge in [0.1, 0.15) is 5.82 Å². The Labute approximate surface area is 152 Å². The summed E-state index contributed by atoms with van der Waals surface area (Å²) in [5.74, 6) is 0.517. The van der Waals surface area contributed by atoms with Crippen molar-refractivity contribution in [2.75, 3.05) is 10.6 Å². The number of benzene rings is 2. The number of nitrogens with one attached hydrogen (secondary N) is 2. The van der Waals surface area contributed by atoms with Gasteiger partial charge in [0.2, 0.25) is 0 Å². The lowest BCUT2D eigenvalue weighted by atomic mass is 10.1. The lowest BCUT2D eigenvalue weighted by Crippen LogP contribution is -2.13. The fourth-order valence-corrected chi connectivity index (χ4v) is 2.50. The maximum atomic E-state index is 12.3. The van der Waals surface area contributed by atoms with Gasteiger partial charge in [0.05, 0.1) is 11.9 Å². The second kappa shape index (κ2) is 7.61. The molecule has 0 aliphatic carbocycles. The topological polar surface area (TPSA) is 71.1 Å². The lowest BCUT2D eigenvalue weighted by Gasteiger charge is -2.09. The molecule has 0 aliphatic heterocycles. The Morgan fingerprint density at radius 1 is 0.885 bits per heavy atom. The van der Waals surface area contributed by atoms with E-state index in [-0.39, 0.29) is 11.7 Å². The number of aryl methyl sites for hydroxylation is 1. The number of amides is 1. The number of pyridine rings is 1. The molecule has 0 atom stereocenters. The van der Waals surface area contributed by atoms with E-state index in [4.69, 9.17) is 0 Å². The Bertz CT molecular complexity index is 932. The molecular weight excluding hydrogens is 326 g/mol. The van der Waals surface area contributed by atoms with E-state index in [2.05, 4.69) is 15.6 Å². The highest BCUT2D eigenvalue weighted by Gasteiger charge is 2.08. The maximum Gasteiger partial charge on any atom is 0.255 e. The summed E-state index contributed by atoms with van der Waals surface area (Å²) in [6.45, 7) is 3.44. The van der Waals surface area contributed by atoms with Crippen molar-refractivity contribution in [2.24, 2.45) is 0 Å². The molecule has 0 saturated carbocycles. The van der Waals surface area contributed by atoms with E-state index >= 15 is 0 Å². The van der Waals surface area contributed by atoms with Crippen molar-refractivity contribution in [2.45, 2.75) is 13.8 Å². The quantitative estimate of drug-likeness (QED) is 0.664. The minimum absolute atomic E-state index is 0.0309. The number of anilines is 3. The van der Waals surface area contributed by atoms with Crippen molar-refractivity contribution >= 4 is 28.9 Å². The molecule has 2 aromatic carbocycles. The summed E-state index contributed by atoms with van der Waals surface area (Å²) in [6, 6.07) is 18.2. The normalized spacial score (nSPS) is 10.2. The van der Waals surface area contributed by atoms with Gasteiger partial charge in [-0.15, -0.1) is 0 Å². The van der Waals surface area contributed by atoms with Gasteiger partial charge < -0.3 is 10.6 Å². The molecule has 1 amide bonds. The van der Waals surface area contributed by atoms with Crippen LogP contribution in [-0.4, -0.2) is 16.7 Å². The minimum Gasteiger partial charge on any atom is -0.340 e. The third kappa shape index (κ3) is 4.13. The summed E-state index contributed by atoms with van der Waals surface area (Å²) in [5, 5.41) is 6.00.